The molecule has 1 aromatic heterocycles. The second-order valence-electron chi connectivity index (χ2n) is 4.16. The number of carbonyl (C=O) groups is 1. The lowest BCUT2D eigenvalue weighted by Gasteiger charge is -2.31. The fourth-order valence-electron chi connectivity index (χ4n) is 2.11. The van der Waals surface area contributed by atoms with Gasteiger partial charge in [0.15, 0.2) is 0 Å². The normalized spacial score (nSPS) is 21.1. The Labute approximate surface area is 103 Å². The van der Waals surface area contributed by atoms with Crippen LogP contribution in [0.25, 0.3) is 12.3 Å². The van der Waals surface area contributed by atoms with Gasteiger partial charge in [-0.15, -0.1) is 0 Å². The molecule has 5 heteroatoms. The van der Waals surface area contributed by atoms with E-state index >= 15 is 0 Å². The van der Waals surface area contributed by atoms with Crippen molar-refractivity contribution in [2.45, 2.75) is 5.66 Å². The molecule has 2 aromatic rings. The number of nitrogens with one attached hydrogen (secondary N) is 1. The van der Waals surface area contributed by atoms with Gasteiger partial charge in [0.05, 0.1) is 6.33 Å². The lowest BCUT2D eigenvalue weighted by Crippen LogP contribution is -2.57. The molecule has 1 aromatic carbocycles. The van der Waals surface area contributed by atoms with Gasteiger partial charge in [-0.05, 0) is 16.5 Å². The molecule has 2 heterocycles. The first-order chi connectivity index (χ1) is 8.72. The van der Waals surface area contributed by atoms with Crippen molar-refractivity contribution in [3.05, 3.63) is 53.4 Å². The Kier molecular flexibility index (Phi) is 2.19. The molecule has 18 heavy (non-hydrogen) atoms. The number of carbonyl (C=O) groups excluding carboxylic acids is 1. The fraction of sp³-hybridized carbons (Fsp3) is 0.0769. The number of amides is 1. The van der Waals surface area contributed by atoms with Crippen molar-refractivity contribution in [2.75, 3.05) is 0 Å². The van der Waals surface area contributed by atoms with E-state index in [0.29, 0.717) is 0 Å². The Morgan fingerprint density at radius 3 is 2.78 bits per heavy atom. The van der Waals surface area contributed by atoms with Crippen molar-refractivity contribution in [2.24, 2.45) is 5.73 Å². The van der Waals surface area contributed by atoms with E-state index in [9.17, 15) is 4.79 Å². The van der Waals surface area contributed by atoms with Crippen molar-refractivity contribution in [1.82, 2.24) is 14.9 Å². The van der Waals surface area contributed by atoms with Crippen molar-refractivity contribution >= 4 is 18.2 Å². The SMILES string of the molecule is NC(=O)C1(n2ccnc2)C=c2ccccc2=CN1. The van der Waals surface area contributed by atoms with Crippen LogP contribution in [-0.2, 0) is 10.5 Å². The zero-order valence-electron chi connectivity index (χ0n) is 9.58. The summed E-state index contributed by atoms with van der Waals surface area (Å²) in [6.45, 7) is 0. The second-order valence-corrected chi connectivity index (χ2v) is 4.16. The van der Waals surface area contributed by atoms with Gasteiger partial charge in [-0.2, -0.15) is 0 Å². The molecule has 90 valence electrons. The molecule has 3 rings (SSSR count). The average molecular weight is 240 g/mol. The van der Waals surface area contributed by atoms with Crippen LogP contribution in [0, 0.1) is 0 Å². The number of hydrogen-bond donors (Lipinski definition) is 2. The molecular weight excluding hydrogens is 228 g/mol. The largest absolute Gasteiger partial charge is 0.366 e. The number of hydrogen-bond acceptors (Lipinski definition) is 3. The first kappa shape index (κ1) is 10.6. The van der Waals surface area contributed by atoms with Crippen molar-refractivity contribution in [1.29, 1.82) is 0 Å². The summed E-state index contributed by atoms with van der Waals surface area (Å²) in [7, 11) is 0. The van der Waals surface area contributed by atoms with E-state index in [1.54, 1.807) is 29.5 Å². The summed E-state index contributed by atoms with van der Waals surface area (Å²) in [5, 5.41) is 5.04. The molecule has 1 unspecified atom stereocenters. The molecule has 3 N–H and O–H groups in total. The average Bonchev–Trinajstić information content (AvgIpc) is 2.92. The maximum Gasteiger partial charge on any atom is 0.268 e. The minimum absolute atomic E-state index is 0.480. The third kappa shape index (κ3) is 1.41. The zero-order chi connectivity index (χ0) is 12.6. The lowest BCUT2D eigenvalue weighted by atomic mass is 10.0. The first-order valence-corrected chi connectivity index (χ1v) is 5.56. The molecule has 0 fully saturated rings. The third-order valence-corrected chi connectivity index (χ3v) is 3.10. The molecule has 1 aliphatic rings. The van der Waals surface area contributed by atoms with E-state index in [4.69, 9.17) is 5.73 Å². The monoisotopic (exact) mass is 240 g/mol. The molecule has 0 saturated heterocycles. The predicted octanol–water partition coefficient (Wildman–Crippen LogP) is -1.16. The zero-order valence-corrected chi connectivity index (χ0v) is 9.58. The summed E-state index contributed by atoms with van der Waals surface area (Å²) in [5.41, 5.74) is 4.46. The Hall–Kier alpha value is -2.56. The highest BCUT2D eigenvalue weighted by atomic mass is 16.2. The number of nitrogens with zero attached hydrogens (tertiary/aromatic N) is 2. The molecule has 0 radical (unpaired) electrons. The number of benzene rings is 1. The Bertz CT molecular complexity index is 705. The van der Waals surface area contributed by atoms with E-state index in [1.807, 2.05) is 30.3 Å². The van der Waals surface area contributed by atoms with Gasteiger partial charge in [0.25, 0.3) is 5.91 Å². The highest BCUT2D eigenvalue weighted by Gasteiger charge is 2.36. The van der Waals surface area contributed by atoms with Crippen LogP contribution in [0.15, 0.2) is 43.0 Å². The van der Waals surface area contributed by atoms with Gasteiger partial charge in [-0.25, -0.2) is 4.98 Å². The molecule has 0 aliphatic carbocycles. The van der Waals surface area contributed by atoms with Crippen molar-refractivity contribution in [3.63, 3.8) is 0 Å². The van der Waals surface area contributed by atoms with E-state index in [2.05, 4.69) is 10.3 Å². The molecule has 1 atom stereocenters. The summed E-state index contributed by atoms with van der Waals surface area (Å²) < 4.78 is 1.65. The molecule has 0 saturated carbocycles. The van der Waals surface area contributed by atoms with Gasteiger partial charge in [0, 0.05) is 18.6 Å². The topological polar surface area (TPSA) is 72.9 Å². The van der Waals surface area contributed by atoms with Crippen LogP contribution in [0.4, 0.5) is 0 Å². The van der Waals surface area contributed by atoms with Crippen LogP contribution < -0.4 is 21.5 Å². The van der Waals surface area contributed by atoms with Crippen LogP contribution in [0.2, 0.25) is 0 Å². The number of imidazole rings is 1. The Morgan fingerprint density at radius 1 is 1.33 bits per heavy atom. The lowest BCUT2D eigenvalue weighted by molar-refractivity contribution is -0.124. The summed E-state index contributed by atoms with van der Waals surface area (Å²) in [4.78, 5) is 15.8. The standard InChI is InChI=1S/C13H12N4O/c14-12(18)13(17-6-5-15-9-17)7-10-3-1-2-4-11(10)8-16-13/h1-9,16H,(H2,14,18). The van der Waals surface area contributed by atoms with Crippen molar-refractivity contribution < 1.29 is 4.79 Å². The van der Waals surface area contributed by atoms with Crippen LogP contribution >= 0.6 is 0 Å². The van der Waals surface area contributed by atoms with Crippen molar-refractivity contribution in [3.8, 4) is 0 Å². The molecule has 0 spiro atoms. The first-order valence-electron chi connectivity index (χ1n) is 5.56. The van der Waals surface area contributed by atoms with Gasteiger partial charge in [0.1, 0.15) is 0 Å². The van der Waals surface area contributed by atoms with Gasteiger partial charge >= 0.3 is 0 Å². The minimum Gasteiger partial charge on any atom is -0.366 e. The Balaban J connectivity index is 2.27. The van der Waals surface area contributed by atoms with Crippen LogP contribution in [0.5, 0.6) is 0 Å². The maximum atomic E-state index is 11.8. The summed E-state index contributed by atoms with van der Waals surface area (Å²) in [6.07, 6.45) is 8.49. The highest BCUT2D eigenvalue weighted by Crippen LogP contribution is 2.15. The van der Waals surface area contributed by atoms with E-state index in [1.165, 1.54) is 0 Å². The summed E-state index contributed by atoms with van der Waals surface area (Å²) >= 11 is 0. The maximum absolute atomic E-state index is 11.8. The second kappa shape index (κ2) is 3.73. The van der Waals surface area contributed by atoms with E-state index < -0.39 is 11.6 Å². The predicted molar refractivity (Wildman–Crippen MR) is 67.2 cm³/mol. The molecular formula is C13H12N4O. The number of aromatic nitrogens is 2. The van der Waals surface area contributed by atoms with Gasteiger partial charge < -0.3 is 15.6 Å². The smallest absolute Gasteiger partial charge is 0.268 e. The number of rotatable bonds is 2. The summed E-state index contributed by atoms with van der Waals surface area (Å²) in [5.74, 6) is -0.480. The molecule has 5 nitrogen and oxygen atoms in total. The van der Waals surface area contributed by atoms with Gasteiger partial charge in [0.2, 0.25) is 5.66 Å². The number of primary amides is 1. The number of fused-ring (bicyclic) bond motifs is 1. The van der Waals surface area contributed by atoms with E-state index in [-0.39, 0.29) is 0 Å². The molecule has 0 bridgehead atoms. The van der Waals surface area contributed by atoms with Crippen LogP contribution in [-0.4, -0.2) is 15.5 Å². The van der Waals surface area contributed by atoms with Gasteiger partial charge in [-0.1, -0.05) is 24.3 Å². The number of nitrogens with two attached hydrogens (primary N) is 1. The van der Waals surface area contributed by atoms with Crippen LogP contribution in [0.1, 0.15) is 0 Å². The highest BCUT2D eigenvalue weighted by molar-refractivity contribution is 5.90. The van der Waals surface area contributed by atoms with E-state index in [0.717, 1.165) is 10.4 Å². The fourth-order valence-corrected chi connectivity index (χ4v) is 2.11. The minimum atomic E-state index is -1.09. The van der Waals surface area contributed by atoms with Crippen LogP contribution in [0.3, 0.4) is 0 Å². The third-order valence-electron chi connectivity index (χ3n) is 3.10. The molecule has 1 aliphatic heterocycles. The Morgan fingerprint density at radius 2 is 2.11 bits per heavy atom. The molecule has 1 amide bonds. The van der Waals surface area contributed by atoms with Gasteiger partial charge in [-0.3, -0.25) is 4.79 Å². The summed E-state index contributed by atoms with van der Waals surface area (Å²) in [6, 6.07) is 7.78. The quantitative estimate of drug-likeness (QED) is 0.695.